The molecule has 2 aliphatic carbocycles. The van der Waals surface area contributed by atoms with Crippen molar-refractivity contribution in [3.8, 4) is 11.3 Å². The predicted octanol–water partition coefficient (Wildman–Crippen LogP) is 5.33. The van der Waals surface area contributed by atoms with Crippen LogP contribution in [0.2, 0.25) is 0 Å². The number of nitrogens with one attached hydrogen (secondary N) is 1. The number of rotatable bonds is 5. The lowest BCUT2D eigenvalue weighted by Crippen LogP contribution is -2.49. The Morgan fingerprint density at radius 1 is 1.00 bits per heavy atom. The van der Waals surface area contributed by atoms with Gasteiger partial charge in [-0.05, 0) is 75.8 Å². The summed E-state index contributed by atoms with van der Waals surface area (Å²) in [6, 6.07) is 11.9. The molecule has 2 saturated carbocycles. The van der Waals surface area contributed by atoms with Gasteiger partial charge in [0.05, 0.1) is 5.69 Å². The van der Waals surface area contributed by atoms with E-state index in [2.05, 4.69) is 41.3 Å². The summed E-state index contributed by atoms with van der Waals surface area (Å²) >= 11 is 0. The highest BCUT2D eigenvalue weighted by Gasteiger charge is 2.43. The number of benzene rings is 1. The fraction of sp³-hybridized carbons (Fsp3) is 0.517. The molecule has 0 spiro atoms. The molecule has 1 aromatic carbocycles. The molecule has 2 atom stereocenters. The highest BCUT2D eigenvalue weighted by molar-refractivity contribution is 5.95. The molecule has 8 heteroatoms. The van der Waals surface area contributed by atoms with E-state index in [0.29, 0.717) is 5.56 Å². The molecule has 8 nitrogen and oxygen atoms in total. The minimum atomic E-state index is -0.613. The van der Waals surface area contributed by atoms with Crippen LogP contribution in [0, 0.1) is 5.41 Å². The molecule has 1 N–H and O–H groups in total. The van der Waals surface area contributed by atoms with Gasteiger partial charge in [0, 0.05) is 47.1 Å². The Labute approximate surface area is 219 Å². The molecule has 2 aromatic rings. The zero-order chi connectivity index (χ0) is 26.4. The monoisotopic (exact) mass is 503 g/mol. The van der Waals surface area contributed by atoms with E-state index in [1.54, 1.807) is 6.20 Å². The lowest BCUT2D eigenvalue weighted by atomic mass is 9.79. The van der Waals surface area contributed by atoms with Gasteiger partial charge >= 0.3 is 6.09 Å². The van der Waals surface area contributed by atoms with Crippen LogP contribution < -0.4 is 5.43 Å². The van der Waals surface area contributed by atoms with Crippen LogP contribution in [0.4, 0.5) is 4.79 Å². The number of carbonyl (C=O) groups excluding carboxylic acids is 2. The highest BCUT2D eigenvalue weighted by Crippen LogP contribution is 2.39. The Bertz CT molecular complexity index is 1180. The van der Waals surface area contributed by atoms with E-state index in [9.17, 15) is 9.59 Å². The summed E-state index contributed by atoms with van der Waals surface area (Å²) in [7, 11) is 0. The maximum absolute atomic E-state index is 13.7. The molecule has 2 amide bonds. The van der Waals surface area contributed by atoms with E-state index >= 15 is 0 Å². The third kappa shape index (κ3) is 5.25. The van der Waals surface area contributed by atoms with Crippen molar-refractivity contribution in [3.63, 3.8) is 0 Å². The van der Waals surface area contributed by atoms with Crippen LogP contribution in [0.15, 0.2) is 54.4 Å². The van der Waals surface area contributed by atoms with Gasteiger partial charge in [-0.1, -0.05) is 32.9 Å². The Morgan fingerprint density at radius 3 is 2.32 bits per heavy atom. The third-order valence-corrected chi connectivity index (χ3v) is 8.21. The maximum Gasteiger partial charge on any atom is 0.429 e. The van der Waals surface area contributed by atoms with Crippen LogP contribution in [0.3, 0.4) is 0 Å². The number of ether oxygens (including phenoxy) is 1. The van der Waals surface area contributed by atoms with Gasteiger partial charge in [0.2, 0.25) is 0 Å². The molecule has 37 heavy (non-hydrogen) atoms. The molecular weight excluding hydrogens is 466 g/mol. The van der Waals surface area contributed by atoms with Crippen LogP contribution >= 0.6 is 0 Å². The minimum Gasteiger partial charge on any atom is -0.442 e. The number of nitrogens with zero attached hydrogens (tertiary/aromatic N) is 4. The first kappa shape index (κ1) is 25.4. The van der Waals surface area contributed by atoms with Gasteiger partial charge in [-0.25, -0.2) is 15.2 Å². The fourth-order valence-electron chi connectivity index (χ4n) is 4.86. The summed E-state index contributed by atoms with van der Waals surface area (Å²) in [6.07, 6.45) is 7.73. The smallest absolute Gasteiger partial charge is 0.429 e. The van der Waals surface area contributed by atoms with Crippen molar-refractivity contribution >= 4 is 12.0 Å². The SMILES string of the molecule is CC(C)(C)C(C)(C)OC(=O)N1C=C2CC(N(C(=O)c3ccc(-c4cccnn4)cc3)C3CC3)CCC2N1. The number of carbonyl (C=O) groups is 2. The molecule has 0 bridgehead atoms. The first-order valence-corrected chi connectivity index (χ1v) is 13.2. The molecule has 1 aromatic heterocycles. The summed E-state index contributed by atoms with van der Waals surface area (Å²) < 4.78 is 5.86. The van der Waals surface area contributed by atoms with Crippen LogP contribution in [0.25, 0.3) is 11.3 Å². The summed E-state index contributed by atoms with van der Waals surface area (Å²) in [5, 5.41) is 9.59. The van der Waals surface area contributed by atoms with Crippen molar-refractivity contribution in [2.24, 2.45) is 5.41 Å². The number of fused-ring (bicyclic) bond motifs is 1. The molecule has 2 unspecified atom stereocenters. The lowest BCUT2D eigenvalue weighted by Gasteiger charge is -2.39. The van der Waals surface area contributed by atoms with Crippen LogP contribution in [0.1, 0.15) is 77.1 Å². The topological polar surface area (TPSA) is 87.7 Å². The summed E-state index contributed by atoms with van der Waals surface area (Å²) in [6.45, 7) is 10.1. The normalized spacial score (nSPS) is 21.8. The van der Waals surface area contributed by atoms with Crippen LogP contribution in [-0.4, -0.2) is 55.8 Å². The van der Waals surface area contributed by atoms with Crippen LogP contribution in [-0.2, 0) is 4.74 Å². The second-order valence-electron chi connectivity index (χ2n) is 11.9. The molecule has 3 aliphatic rings. The van der Waals surface area contributed by atoms with E-state index in [1.807, 2.05) is 56.4 Å². The standard InChI is InChI=1S/C29H37N5O3/c1-28(2,3)29(4,5)37-27(36)33-18-21-17-23(14-15-25(21)32-33)34(22-12-13-22)26(35)20-10-8-19(9-11-20)24-7-6-16-30-31-24/h6-11,16,18,22-23,25,32H,12-15,17H2,1-5H3. The molecular formula is C29H37N5O3. The summed E-state index contributed by atoms with van der Waals surface area (Å²) in [4.78, 5) is 28.7. The number of hydrogen-bond donors (Lipinski definition) is 1. The Balaban J connectivity index is 1.28. The molecule has 1 aliphatic heterocycles. The molecule has 2 fully saturated rings. The first-order valence-electron chi connectivity index (χ1n) is 13.2. The molecule has 2 heterocycles. The van der Waals surface area contributed by atoms with Gasteiger partial charge in [-0.2, -0.15) is 10.2 Å². The zero-order valence-electron chi connectivity index (χ0n) is 22.4. The highest BCUT2D eigenvalue weighted by atomic mass is 16.6. The Kier molecular flexibility index (Phi) is 6.56. The fourth-order valence-corrected chi connectivity index (χ4v) is 4.86. The minimum absolute atomic E-state index is 0.0754. The van der Waals surface area contributed by atoms with Gasteiger partial charge < -0.3 is 9.64 Å². The van der Waals surface area contributed by atoms with Gasteiger partial charge in [0.1, 0.15) is 5.60 Å². The first-order chi connectivity index (χ1) is 17.5. The van der Waals surface area contributed by atoms with E-state index in [1.165, 1.54) is 5.01 Å². The van der Waals surface area contributed by atoms with E-state index in [-0.39, 0.29) is 29.4 Å². The number of aromatic nitrogens is 2. The van der Waals surface area contributed by atoms with Crippen molar-refractivity contribution in [3.05, 3.63) is 59.9 Å². The average Bonchev–Trinajstić information content (AvgIpc) is 3.60. The molecule has 196 valence electrons. The van der Waals surface area contributed by atoms with Crippen molar-refractivity contribution < 1.29 is 14.3 Å². The molecule has 5 rings (SSSR count). The van der Waals surface area contributed by atoms with Gasteiger partial charge in [-0.15, -0.1) is 0 Å². The van der Waals surface area contributed by atoms with E-state index in [0.717, 1.165) is 48.9 Å². The van der Waals surface area contributed by atoms with E-state index in [4.69, 9.17) is 4.74 Å². The number of hydrogen-bond acceptors (Lipinski definition) is 6. The maximum atomic E-state index is 13.7. The quantitative estimate of drug-likeness (QED) is 0.593. The predicted molar refractivity (Wildman–Crippen MR) is 141 cm³/mol. The van der Waals surface area contributed by atoms with E-state index < -0.39 is 11.7 Å². The zero-order valence-corrected chi connectivity index (χ0v) is 22.4. The number of hydrazine groups is 1. The van der Waals surface area contributed by atoms with Crippen LogP contribution in [0.5, 0.6) is 0 Å². The second-order valence-corrected chi connectivity index (χ2v) is 11.9. The molecule has 0 saturated heterocycles. The van der Waals surface area contributed by atoms with Gasteiger partial charge in [0.25, 0.3) is 5.91 Å². The summed E-state index contributed by atoms with van der Waals surface area (Å²) in [5.41, 5.74) is 6.07. The van der Waals surface area contributed by atoms with Crippen molar-refractivity contribution in [2.45, 2.75) is 90.4 Å². The van der Waals surface area contributed by atoms with Gasteiger partial charge in [0.15, 0.2) is 0 Å². The van der Waals surface area contributed by atoms with Crippen molar-refractivity contribution in [1.29, 1.82) is 0 Å². The Hall–Kier alpha value is -3.26. The largest absolute Gasteiger partial charge is 0.442 e. The van der Waals surface area contributed by atoms with Crippen molar-refractivity contribution in [1.82, 2.24) is 25.5 Å². The number of amides is 2. The summed E-state index contributed by atoms with van der Waals surface area (Å²) in [5.74, 6) is 0.0754. The average molecular weight is 504 g/mol. The lowest BCUT2D eigenvalue weighted by molar-refractivity contribution is -0.0532. The third-order valence-electron chi connectivity index (χ3n) is 8.21. The van der Waals surface area contributed by atoms with Crippen molar-refractivity contribution in [2.75, 3.05) is 0 Å². The molecule has 0 radical (unpaired) electrons. The van der Waals surface area contributed by atoms with Gasteiger partial charge in [-0.3, -0.25) is 4.79 Å². The Morgan fingerprint density at radius 2 is 1.70 bits per heavy atom. The second kappa shape index (κ2) is 9.56.